The Bertz CT molecular complexity index is 725. The molecule has 1 amide bonds. The van der Waals surface area contributed by atoms with E-state index in [9.17, 15) is 13.2 Å². The summed E-state index contributed by atoms with van der Waals surface area (Å²) >= 11 is 0. The van der Waals surface area contributed by atoms with Crippen LogP contribution in [0, 0.1) is 0 Å². The van der Waals surface area contributed by atoms with Crippen LogP contribution in [-0.4, -0.2) is 50.9 Å². The molecule has 0 aromatic heterocycles. The normalized spacial score (nSPS) is 18.1. The van der Waals surface area contributed by atoms with E-state index in [2.05, 4.69) is 10.6 Å². The molecular weight excluding hydrogens is 342 g/mol. The molecule has 25 heavy (non-hydrogen) atoms. The van der Waals surface area contributed by atoms with Gasteiger partial charge < -0.3 is 15.4 Å². The Labute approximate surface area is 148 Å². The summed E-state index contributed by atoms with van der Waals surface area (Å²) in [7, 11) is -3.59. The van der Waals surface area contributed by atoms with Crippen molar-refractivity contribution in [2.75, 3.05) is 31.6 Å². The lowest BCUT2D eigenvalue weighted by Crippen LogP contribution is -2.31. The third-order valence-corrected chi connectivity index (χ3v) is 6.24. The Morgan fingerprint density at radius 2 is 2.00 bits per heavy atom. The molecule has 2 aliphatic rings. The van der Waals surface area contributed by atoms with Gasteiger partial charge in [0.1, 0.15) is 10.6 Å². The number of carbonyl (C=O) groups is 1. The zero-order valence-electron chi connectivity index (χ0n) is 14.5. The van der Waals surface area contributed by atoms with E-state index < -0.39 is 10.0 Å². The van der Waals surface area contributed by atoms with Gasteiger partial charge in [-0.2, -0.15) is 4.31 Å². The number of sulfonamides is 1. The zero-order chi connectivity index (χ0) is 17.9. The van der Waals surface area contributed by atoms with Gasteiger partial charge in [0.05, 0.1) is 13.2 Å². The van der Waals surface area contributed by atoms with Crippen molar-refractivity contribution in [3.05, 3.63) is 18.2 Å². The summed E-state index contributed by atoms with van der Waals surface area (Å²) in [6, 6.07) is 5.25. The van der Waals surface area contributed by atoms with Crippen molar-refractivity contribution in [2.45, 2.75) is 43.5 Å². The van der Waals surface area contributed by atoms with E-state index in [1.165, 1.54) is 4.31 Å². The van der Waals surface area contributed by atoms with Crippen LogP contribution >= 0.6 is 0 Å². The molecular formula is C17H25N3O4S. The highest BCUT2D eigenvalue weighted by molar-refractivity contribution is 7.89. The SMILES string of the molecule is CCOc1ccc(NCC(=O)NC2CC2)cc1S(=O)(=O)N1CCCC1. The Kier molecular flexibility index (Phi) is 5.48. The van der Waals surface area contributed by atoms with Crippen molar-refractivity contribution >= 4 is 21.6 Å². The second-order valence-corrected chi connectivity index (χ2v) is 8.31. The van der Waals surface area contributed by atoms with Gasteiger partial charge in [0.25, 0.3) is 0 Å². The topological polar surface area (TPSA) is 87.7 Å². The van der Waals surface area contributed by atoms with Gasteiger partial charge in [-0.05, 0) is 50.8 Å². The Balaban J connectivity index is 1.77. The van der Waals surface area contributed by atoms with Crippen molar-refractivity contribution in [1.29, 1.82) is 0 Å². The number of rotatable bonds is 8. The maximum Gasteiger partial charge on any atom is 0.246 e. The zero-order valence-corrected chi connectivity index (χ0v) is 15.3. The van der Waals surface area contributed by atoms with E-state index in [0.29, 0.717) is 37.2 Å². The first-order valence-electron chi connectivity index (χ1n) is 8.81. The number of ether oxygens (including phenoxy) is 1. The minimum Gasteiger partial charge on any atom is -0.492 e. The van der Waals surface area contributed by atoms with Crippen LogP contribution in [0.2, 0.25) is 0 Å². The molecule has 138 valence electrons. The van der Waals surface area contributed by atoms with E-state index in [1.807, 2.05) is 6.92 Å². The average molecular weight is 367 g/mol. The third-order valence-electron chi connectivity index (χ3n) is 4.32. The summed E-state index contributed by atoms with van der Waals surface area (Å²) in [5.74, 6) is 0.266. The number of hydrogen-bond acceptors (Lipinski definition) is 5. The summed E-state index contributed by atoms with van der Waals surface area (Å²) in [5, 5.41) is 5.89. The predicted octanol–water partition coefficient (Wildman–Crippen LogP) is 1.56. The van der Waals surface area contributed by atoms with Crippen LogP contribution in [0.15, 0.2) is 23.1 Å². The molecule has 1 saturated heterocycles. The van der Waals surface area contributed by atoms with Gasteiger partial charge in [0.15, 0.2) is 0 Å². The fraction of sp³-hybridized carbons (Fsp3) is 0.588. The van der Waals surface area contributed by atoms with Crippen LogP contribution in [0.4, 0.5) is 5.69 Å². The monoisotopic (exact) mass is 367 g/mol. The molecule has 7 nitrogen and oxygen atoms in total. The smallest absolute Gasteiger partial charge is 0.246 e. The van der Waals surface area contributed by atoms with Gasteiger partial charge in [-0.1, -0.05) is 0 Å². The number of hydrogen-bond donors (Lipinski definition) is 2. The molecule has 3 rings (SSSR count). The highest BCUT2D eigenvalue weighted by atomic mass is 32.2. The van der Waals surface area contributed by atoms with E-state index in [0.717, 1.165) is 25.7 Å². The van der Waals surface area contributed by atoms with Gasteiger partial charge in [-0.15, -0.1) is 0 Å². The van der Waals surface area contributed by atoms with E-state index in [1.54, 1.807) is 18.2 Å². The van der Waals surface area contributed by atoms with Gasteiger partial charge in [0.2, 0.25) is 15.9 Å². The van der Waals surface area contributed by atoms with E-state index in [4.69, 9.17) is 4.74 Å². The molecule has 1 aromatic carbocycles. The minimum absolute atomic E-state index is 0.0830. The van der Waals surface area contributed by atoms with Crippen molar-refractivity contribution in [1.82, 2.24) is 9.62 Å². The first-order valence-corrected chi connectivity index (χ1v) is 10.2. The van der Waals surface area contributed by atoms with E-state index >= 15 is 0 Å². The lowest BCUT2D eigenvalue weighted by atomic mass is 10.3. The fourth-order valence-electron chi connectivity index (χ4n) is 2.85. The van der Waals surface area contributed by atoms with Gasteiger partial charge in [-0.3, -0.25) is 4.79 Å². The highest BCUT2D eigenvalue weighted by Crippen LogP contribution is 2.31. The van der Waals surface area contributed by atoms with Crippen LogP contribution < -0.4 is 15.4 Å². The summed E-state index contributed by atoms with van der Waals surface area (Å²) in [4.78, 5) is 12.0. The van der Waals surface area contributed by atoms with Gasteiger partial charge >= 0.3 is 0 Å². The Morgan fingerprint density at radius 3 is 2.64 bits per heavy atom. The molecule has 0 atom stereocenters. The number of nitrogens with zero attached hydrogens (tertiary/aromatic N) is 1. The van der Waals surface area contributed by atoms with E-state index in [-0.39, 0.29) is 17.3 Å². The molecule has 1 heterocycles. The van der Waals surface area contributed by atoms with Crippen LogP contribution in [0.5, 0.6) is 5.75 Å². The minimum atomic E-state index is -3.59. The van der Waals surface area contributed by atoms with Gasteiger partial charge in [0, 0.05) is 24.8 Å². The molecule has 1 aliphatic heterocycles. The standard InChI is InChI=1S/C17H25N3O4S/c1-2-24-15-8-7-14(18-12-17(21)19-13-5-6-13)11-16(15)25(22,23)20-9-3-4-10-20/h7-8,11,13,18H,2-6,9-10,12H2,1H3,(H,19,21). The maximum atomic E-state index is 12.9. The summed E-state index contributed by atoms with van der Waals surface area (Å²) in [6.07, 6.45) is 3.82. The largest absolute Gasteiger partial charge is 0.492 e. The number of amides is 1. The second kappa shape index (κ2) is 7.61. The second-order valence-electron chi connectivity index (χ2n) is 6.40. The molecule has 1 aliphatic carbocycles. The van der Waals surface area contributed by atoms with Crippen LogP contribution in [0.25, 0.3) is 0 Å². The van der Waals surface area contributed by atoms with Crippen LogP contribution in [-0.2, 0) is 14.8 Å². The number of benzene rings is 1. The summed E-state index contributed by atoms with van der Waals surface area (Å²) < 4.78 is 32.8. The number of nitrogens with one attached hydrogen (secondary N) is 2. The molecule has 2 fully saturated rings. The van der Waals surface area contributed by atoms with Crippen molar-refractivity contribution in [3.8, 4) is 5.75 Å². The third kappa shape index (κ3) is 4.43. The van der Waals surface area contributed by atoms with Crippen molar-refractivity contribution in [2.24, 2.45) is 0 Å². The molecule has 1 saturated carbocycles. The number of anilines is 1. The lowest BCUT2D eigenvalue weighted by Gasteiger charge is -2.19. The van der Waals surface area contributed by atoms with Crippen LogP contribution in [0.1, 0.15) is 32.6 Å². The molecule has 8 heteroatoms. The Morgan fingerprint density at radius 1 is 1.28 bits per heavy atom. The maximum absolute atomic E-state index is 12.9. The van der Waals surface area contributed by atoms with Crippen LogP contribution in [0.3, 0.4) is 0 Å². The summed E-state index contributed by atoms with van der Waals surface area (Å²) in [5.41, 5.74) is 0.590. The molecule has 0 radical (unpaired) electrons. The quantitative estimate of drug-likeness (QED) is 0.728. The number of carbonyl (C=O) groups excluding carboxylic acids is 1. The predicted molar refractivity (Wildman–Crippen MR) is 95.3 cm³/mol. The molecule has 0 unspecified atom stereocenters. The first kappa shape index (κ1) is 18.0. The first-order chi connectivity index (χ1) is 12.0. The van der Waals surface area contributed by atoms with Crippen molar-refractivity contribution < 1.29 is 17.9 Å². The molecule has 0 spiro atoms. The molecule has 0 bridgehead atoms. The highest BCUT2D eigenvalue weighted by Gasteiger charge is 2.30. The lowest BCUT2D eigenvalue weighted by molar-refractivity contribution is -0.119. The van der Waals surface area contributed by atoms with Crippen molar-refractivity contribution in [3.63, 3.8) is 0 Å². The van der Waals surface area contributed by atoms with Gasteiger partial charge in [-0.25, -0.2) is 8.42 Å². The molecule has 2 N–H and O–H groups in total. The average Bonchev–Trinajstić information content (AvgIpc) is 3.22. The Hall–Kier alpha value is -1.80. The fourth-order valence-corrected chi connectivity index (χ4v) is 4.52. The molecule has 1 aromatic rings. The summed E-state index contributed by atoms with van der Waals surface area (Å²) in [6.45, 7) is 3.40.